The Labute approximate surface area is 136 Å². The summed E-state index contributed by atoms with van der Waals surface area (Å²) in [6.07, 6.45) is 8.89. The number of hydrogen-bond acceptors (Lipinski definition) is 4. The molecule has 0 radical (unpaired) electrons. The van der Waals surface area contributed by atoms with Crippen LogP contribution in [0.5, 0.6) is 0 Å². The minimum Gasteiger partial charge on any atom is -0.487 e. The van der Waals surface area contributed by atoms with E-state index in [1.165, 1.54) is 11.1 Å². The summed E-state index contributed by atoms with van der Waals surface area (Å²) in [5.41, 5.74) is 2.43. The Balaban J connectivity index is 1.48. The number of benzene rings is 1. The van der Waals surface area contributed by atoms with Crippen LogP contribution in [0.2, 0.25) is 0 Å². The van der Waals surface area contributed by atoms with Crippen LogP contribution in [-0.4, -0.2) is 35.3 Å². The van der Waals surface area contributed by atoms with E-state index in [4.69, 9.17) is 19.7 Å². The summed E-state index contributed by atoms with van der Waals surface area (Å²) in [5, 5.41) is 18.3. The first-order valence-corrected chi connectivity index (χ1v) is 8.00. The van der Waals surface area contributed by atoms with Crippen LogP contribution < -0.4 is 0 Å². The highest BCUT2D eigenvalue weighted by atomic mass is 16.6. The van der Waals surface area contributed by atoms with E-state index in [1.54, 1.807) is 6.08 Å². The van der Waals surface area contributed by atoms with Gasteiger partial charge in [-0.2, -0.15) is 0 Å². The lowest BCUT2D eigenvalue weighted by Gasteiger charge is -2.27. The topological polar surface area (TPSA) is 58.9 Å². The van der Waals surface area contributed by atoms with Gasteiger partial charge in [-0.15, -0.1) is 0 Å². The normalized spacial score (nSPS) is 24.1. The lowest BCUT2D eigenvalue weighted by atomic mass is 9.98. The largest absolute Gasteiger partial charge is 0.487 e. The Morgan fingerprint density at radius 2 is 2.00 bits per heavy atom. The predicted octanol–water partition coefficient (Wildman–Crippen LogP) is 2.79. The zero-order chi connectivity index (χ0) is 16.1. The van der Waals surface area contributed by atoms with E-state index in [1.807, 2.05) is 18.2 Å². The maximum atomic E-state index is 9.15. The second-order valence-corrected chi connectivity index (χ2v) is 5.79. The maximum Gasteiger partial charge on any atom is 0.211 e. The van der Waals surface area contributed by atoms with E-state index in [-0.39, 0.29) is 18.0 Å². The second-order valence-electron chi connectivity index (χ2n) is 5.79. The summed E-state index contributed by atoms with van der Waals surface area (Å²) in [6, 6.07) is 10.3. The van der Waals surface area contributed by atoms with Crippen molar-refractivity contribution in [1.82, 2.24) is 0 Å². The summed E-state index contributed by atoms with van der Waals surface area (Å²) in [6.45, 7) is 0.452. The first-order chi connectivity index (χ1) is 11.2. The number of hydrogen-bond donors (Lipinski definition) is 2. The monoisotopic (exact) mass is 314 g/mol. The molecular weight excluding hydrogens is 292 g/mol. The first-order valence-electron chi connectivity index (χ1n) is 8.00. The minimum absolute atomic E-state index is 0.0412. The fourth-order valence-corrected chi connectivity index (χ4v) is 2.79. The fourth-order valence-electron chi connectivity index (χ4n) is 2.79. The quantitative estimate of drug-likeness (QED) is 0.821. The van der Waals surface area contributed by atoms with Gasteiger partial charge in [-0.1, -0.05) is 48.6 Å². The molecule has 0 spiro atoms. The van der Waals surface area contributed by atoms with Gasteiger partial charge >= 0.3 is 0 Å². The molecule has 1 aromatic carbocycles. The zero-order valence-electron chi connectivity index (χ0n) is 13.0. The molecule has 2 unspecified atom stereocenters. The molecule has 4 heteroatoms. The van der Waals surface area contributed by atoms with Gasteiger partial charge in [0.1, 0.15) is 11.9 Å². The van der Waals surface area contributed by atoms with Crippen LogP contribution >= 0.6 is 0 Å². The molecule has 122 valence electrons. The van der Waals surface area contributed by atoms with Crippen LogP contribution in [0.25, 0.3) is 5.57 Å². The molecule has 0 fully saturated rings. The Kier molecular flexibility index (Phi) is 5.28. The summed E-state index contributed by atoms with van der Waals surface area (Å²) in [7, 11) is 0. The predicted molar refractivity (Wildman–Crippen MR) is 88.3 cm³/mol. The van der Waals surface area contributed by atoms with Gasteiger partial charge in [0.2, 0.25) is 6.29 Å². The Bertz CT molecular complexity index is 601. The van der Waals surface area contributed by atoms with Crippen molar-refractivity contribution in [2.45, 2.75) is 37.8 Å². The smallest absolute Gasteiger partial charge is 0.211 e. The third-order valence-corrected chi connectivity index (χ3v) is 4.06. The van der Waals surface area contributed by atoms with E-state index < -0.39 is 6.29 Å². The van der Waals surface area contributed by atoms with Crippen molar-refractivity contribution in [3.05, 3.63) is 66.0 Å². The van der Waals surface area contributed by atoms with Crippen molar-refractivity contribution in [3.63, 3.8) is 0 Å². The molecule has 3 rings (SSSR count). The van der Waals surface area contributed by atoms with Crippen LogP contribution in [-0.2, 0) is 9.47 Å². The minimum atomic E-state index is -1.54. The molecule has 1 heterocycles. The molecule has 1 aliphatic heterocycles. The van der Waals surface area contributed by atoms with Gasteiger partial charge in [0.05, 0.1) is 12.7 Å². The molecule has 1 aromatic rings. The Morgan fingerprint density at radius 3 is 2.70 bits per heavy atom. The average Bonchev–Trinajstić information content (AvgIpc) is 2.61. The number of rotatable bonds is 5. The summed E-state index contributed by atoms with van der Waals surface area (Å²) in [5.74, 6) is 0.232. The standard InChI is InChI=1S/C19H22O4/c20-19(21)18-8-4-7-17(23-18)13-22-16-11-9-15(10-12-16)14-5-2-1-3-6-14/h1-3,5-6,8-11,16-17,19-21H,4,7,12-13H2. The molecule has 2 atom stereocenters. The maximum absolute atomic E-state index is 9.15. The van der Waals surface area contributed by atoms with Crippen LogP contribution in [0.15, 0.2) is 60.4 Å². The Hall–Kier alpha value is -1.88. The Morgan fingerprint density at radius 1 is 1.17 bits per heavy atom. The van der Waals surface area contributed by atoms with E-state index in [9.17, 15) is 0 Å². The van der Waals surface area contributed by atoms with Crippen LogP contribution in [0.4, 0.5) is 0 Å². The van der Waals surface area contributed by atoms with E-state index in [0.29, 0.717) is 6.61 Å². The number of aliphatic hydroxyl groups excluding tert-OH is 1. The molecule has 2 N–H and O–H groups in total. The molecular formula is C19H22O4. The van der Waals surface area contributed by atoms with E-state index >= 15 is 0 Å². The molecule has 0 amide bonds. The zero-order valence-corrected chi connectivity index (χ0v) is 13.0. The van der Waals surface area contributed by atoms with Gasteiger partial charge in [0, 0.05) is 0 Å². The van der Waals surface area contributed by atoms with Crippen molar-refractivity contribution in [1.29, 1.82) is 0 Å². The fraction of sp³-hybridized carbons (Fsp3) is 0.368. The molecule has 1 aliphatic carbocycles. The van der Waals surface area contributed by atoms with Crippen molar-refractivity contribution in [2.75, 3.05) is 6.61 Å². The first kappa shape index (κ1) is 16.0. The number of allylic oxidation sites excluding steroid dienone is 3. The lowest BCUT2D eigenvalue weighted by Crippen LogP contribution is -2.28. The van der Waals surface area contributed by atoms with Crippen molar-refractivity contribution >= 4 is 5.57 Å². The highest BCUT2D eigenvalue weighted by Crippen LogP contribution is 2.24. The summed E-state index contributed by atoms with van der Waals surface area (Å²) >= 11 is 0. The summed E-state index contributed by atoms with van der Waals surface area (Å²) in [4.78, 5) is 0. The van der Waals surface area contributed by atoms with Crippen LogP contribution in [0.3, 0.4) is 0 Å². The third kappa shape index (κ3) is 4.32. The molecule has 4 nitrogen and oxygen atoms in total. The molecule has 23 heavy (non-hydrogen) atoms. The van der Waals surface area contributed by atoms with E-state index in [0.717, 1.165) is 19.3 Å². The summed E-state index contributed by atoms with van der Waals surface area (Å²) < 4.78 is 11.4. The highest BCUT2D eigenvalue weighted by molar-refractivity contribution is 5.74. The highest BCUT2D eigenvalue weighted by Gasteiger charge is 2.21. The average molecular weight is 314 g/mol. The molecule has 0 saturated heterocycles. The van der Waals surface area contributed by atoms with Gasteiger partial charge in [-0.3, -0.25) is 0 Å². The van der Waals surface area contributed by atoms with Crippen molar-refractivity contribution in [3.8, 4) is 0 Å². The van der Waals surface area contributed by atoms with Gasteiger partial charge < -0.3 is 19.7 Å². The third-order valence-electron chi connectivity index (χ3n) is 4.06. The molecule has 0 saturated carbocycles. The van der Waals surface area contributed by atoms with Crippen LogP contribution in [0.1, 0.15) is 24.8 Å². The molecule has 0 bridgehead atoms. The van der Waals surface area contributed by atoms with Gasteiger partial charge in [-0.25, -0.2) is 0 Å². The van der Waals surface area contributed by atoms with Gasteiger partial charge in [0.25, 0.3) is 0 Å². The van der Waals surface area contributed by atoms with Gasteiger partial charge in [0.15, 0.2) is 0 Å². The number of aliphatic hydroxyl groups is 2. The van der Waals surface area contributed by atoms with Crippen LogP contribution in [0, 0.1) is 0 Å². The van der Waals surface area contributed by atoms with Crippen molar-refractivity contribution in [2.24, 2.45) is 0 Å². The number of ether oxygens (including phenoxy) is 2. The molecule has 0 aromatic heterocycles. The van der Waals surface area contributed by atoms with Gasteiger partial charge in [-0.05, 0) is 36.5 Å². The van der Waals surface area contributed by atoms with Crippen molar-refractivity contribution < 1.29 is 19.7 Å². The second kappa shape index (κ2) is 7.59. The SMILES string of the molecule is OC(O)C1=CCCC(COC2C=CC(c3ccccc3)=CC2)O1. The molecule has 2 aliphatic rings. The lowest BCUT2D eigenvalue weighted by molar-refractivity contribution is -0.0880. The van der Waals surface area contributed by atoms with E-state index in [2.05, 4.69) is 30.4 Å².